The molecule has 0 radical (unpaired) electrons. The minimum Gasteiger partial charge on any atom is -0.379 e. The molecule has 2 N–H and O–H groups in total. The Labute approximate surface area is 104 Å². The van der Waals surface area contributed by atoms with E-state index in [0.717, 1.165) is 23.6 Å². The van der Waals surface area contributed by atoms with Gasteiger partial charge in [-0.05, 0) is 36.4 Å². The van der Waals surface area contributed by atoms with Crippen molar-refractivity contribution in [3.63, 3.8) is 0 Å². The van der Waals surface area contributed by atoms with Gasteiger partial charge in [0.2, 0.25) is 0 Å². The number of hydrogen-bond acceptors (Lipinski definition) is 3. The monoisotopic (exact) mass is 239 g/mol. The Balaban J connectivity index is 1.68. The average Bonchev–Trinajstić information content (AvgIpc) is 3.10. The summed E-state index contributed by atoms with van der Waals surface area (Å²) < 4.78 is 1.73. The molecular weight excluding hydrogens is 226 g/mol. The second-order valence-corrected chi connectivity index (χ2v) is 3.94. The third kappa shape index (κ3) is 2.24. The van der Waals surface area contributed by atoms with Crippen LogP contribution in [-0.2, 0) is 6.54 Å². The van der Waals surface area contributed by atoms with Crippen LogP contribution < -0.4 is 5.32 Å². The van der Waals surface area contributed by atoms with E-state index in [1.54, 1.807) is 11.0 Å². The van der Waals surface area contributed by atoms with E-state index in [4.69, 9.17) is 0 Å². The molecule has 3 rings (SSSR count). The molecule has 0 saturated carbocycles. The summed E-state index contributed by atoms with van der Waals surface area (Å²) in [5.41, 5.74) is 3.24. The molecule has 1 aromatic carbocycles. The van der Waals surface area contributed by atoms with Gasteiger partial charge in [0.1, 0.15) is 12.7 Å². The zero-order valence-corrected chi connectivity index (χ0v) is 9.74. The molecule has 90 valence electrons. The predicted octanol–water partition coefficient (Wildman–Crippen LogP) is 2.21. The third-order valence-corrected chi connectivity index (χ3v) is 2.70. The second-order valence-electron chi connectivity index (χ2n) is 3.94. The third-order valence-electron chi connectivity index (χ3n) is 2.70. The number of rotatable bonds is 4. The first-order chi connectivity index (χ1) is 8.92. The van der Waals surface area contributed by atoms with Gasteiger partial charge >= 0.3 is 0 Å². The predicted molar refractivity (Wildman–Crippen MR) is 69.5 cm³/mol. The van der Waals surface area contributed by atoms with Crippen LogP contribution in [0.5, 0.6) is 0 Å². The first-order valence-electron chi connectivity index (χ1n) is 5.73. The van der Waals surface area contributed by atoms with Crippen LogP contribution in [0.1, 0.15) is 5.69 Å². The van der Waals surface area contributed by atoms with Crippen LogP contribution in [0.2, 0.25) is 0 Å². The molecule has 5 heteroatoms. The molecule has 0 aliphatic carbocycles. The Hall–Kier alpha value is -2.56. The van der Waals surface area contributed by atoms with Gasteiger partial charge < -0.3 is 10.3 Å². The van der Waals surface area contributed by atoms with E-state index in [1.807, 2.05) is 36.5 Å². The molecule has 0 fully saturated rings. The van der Waals surface area contributed by atoms with Crippen molar-refractivity contribution in [1.82, 2.24) is 19.7 Å². The number of H-pyrrole nitrogens is 1. The lowest BCUT2D eigenvalue weighted by atomic mass is 10.2. The van der Waals surface area contributed by atoms with E-state index < -0.39 is 0 Å². The van der Waals surface area contributed by atoms with Crippen molar-refractivity contribution < 1.29 is 0 Å². The quantitative estimate of drug-likeness (QED) is 0.733. The fraction of sp³-hybridized carbons (Fsp3) is 0.0769. The van der Waals surface area contributed by atoms with Crippen LogP contribution in [0.4, 0.5) is 5.69 Å². The highest BCUT2D eigenvalue weighted by molar-refractivity contribution is 5.48. The van der Waals surface area contributed by atoms with Crippen LogP contribution in [0.25, 0.3) is 5.69 Å². The summed E-state index contributed by atoms with van der Waals surface area (Å²) in [5.74, 6) is 0. The van der Waals surface area contributed by atoms with Crippen LogP contribution >= 0.6 is 0 Å². The fourth-order valence-electron chi connectivity index (χ4n) is 1.75. The highest BCUT2D eigenvalue weighted by Crippen LogP contribution is 2.12. The zero-order chi connectivity index (χ0) is 12.2. The first kappa shape index (κ1) is 10.6. The average molecular weight is 239 g/mol. The van der Waals surface area contributed by atoms with Crippen molar-refractivity contribution >= 4 is 5.69 Å². The van der Waals surface area contributed by atoms with Gasteiger partial charge in [-0.25, -0.2) is 9.67 Å². The normalized spacial score (nSPS) is 10.4. The Morgan fingerprint density at radius 3 is 2.72 bits per heavy atom. The lowest BCUT2D eigenvalue weighted by molar-refractivity contribution is 0.879. The van der Waals surface area contributed by atoms with E-state index >= 15 is 0 Å². The number of benzene rings is 1. The Morgan fingerprint density at radius 2 is 2.06 bits per heavy atom. The number of hydrogen-bond donors (Lipinski definition) is 2. The zero-order valence-electron chi connectivity index (χ0n) is 9.74. The number of nitrogens with one attached hydrogen (secondary N) is 2. The molecule has 0 amide bonds. The molecule has 3 aromatic rings. The van der Waals surface area contributed by atoms with Gasteiger partial charge in [-0.2, -0.15) is 5.10 Å². The maximum atomic E-state index is 4.08. The maximum Gasteiger partial charge on any atom is 0.138 e. The molecule has 0 atom stereocenters. The fourth-order valence-corrected chi connectivity index (χ4v) is 1.75. The second kappa shape index (κ2) is 4.75. The molecular formula is C13H13N5. The Morgan fingerprint density at radius 1 is 1.17 bits per heavy atom. The van der Waals surface area contributed by atoms with E-state index in [9.17, 15) is 0 Å². The van der Waals surface area contributed by atoms with Gasteiger partial charge in [0.25, 0.3) is 0 Å². The lowest BCUT2D eigenvalue weighted by Crippen LogP contribution is -2.00. The number of aromatic nitrogens is 4. The van der Waals surface area contributed by atoms with Gasteiger partial charge in [-0.1, -0.05) is 0 Å². The molecule has 2 aromatic heterocycles. The van der Waals surface area contributed by atoms with Crippen LogP contribution in [-0.4, -0.2) is 19.7 Å². The largest absolute Gasteiger partial charge is 0.379 e. The molecule has 0 aliphatic rings. The summed E-state index contributed by atoms with van der Waals surface area (Å²) in [4.78, 5) is 7.08. The summed E-state index contributed by atoms with van der Waals surface area (Å²) in [6.45, 7) is 0.787. The summed E-state index contributed by atoms with van der Waals surface area (Å²) in [5, 5.41) is 7.43. The van der Waals surface area contributed by atoms with Crippen LogP contribution in [0.3, 0.4) is 0 Å². The number of nitrogens with zero attached hydrogens (tertiary/aromatic N) is 3. The molecule has 18 heavy (non-hydrogen) atoms. The SMILES string of the molecule is c1c[nH]c(CNc2ccc(-n3cncn3)cc2)c1. The van der Waals surface area contributed by atoms with Crippen molar-refractivity contribution in [2.75, 3.05) is 5.32 Å². The van der Waals surface area contributed by atoms with Gasteiger partial charge in [0.05, 0.1) is 12.2 Å². The molecule has 0 saturated heterocycles. The van der Waals surface area contributed by atoms with Crippen molar-refractivity contribution in [2.24, 2.45) is 0 Å². The van der Waals surface area contributed by atoms with E-state index in [0.29, 0.717) is 0 Å². The van der Waals surface area contributed by atoms with Crippen molar-refractivity contribution in [1.29, 1.82) is 0 Å². The first-order valence-corrected chi connectivity index (χ1v) is 5.73. The van der Waals surface area contributed by atoms with Gasteiger partial charge in [-0.3, -0.25) is 0 Å². The Bertz CT molecular complexity index is 581. The minimum absolute atomic E-state index is 0.787. The van der Waals surface area contributed by atoms with E-state index in [2.05, 4.69) is 26.4 Å². The standard InChI is InChI=1S/C13H13N5/c1-2-12(15-7-1)8-16-11-3-5-13(6-4-11)18-10-14-9-17-18/h1-7,9-10,15-16H,8H2. The van der Waals surface area contributed by atoms with Crippen molar-refractivity contribution in [3.05, 3.63) is 60.9 Å². The smallest absolute Gasteiger partial charge is 0.138 e. The van der Waals surface area contributed by atoms with Gasteiger partial charge in [0.15, 0.2) is 0 Å². The van der Waals surface area contributed by atoms with Crippen LogP contribution in [0, 0.1) is 0 Å². The molecule has 0 unspecified atom stereocenters. The van der Waals surface area contributed by atoms with Crippen molar-refractivity contribution in [2.45, 2.75) is 6.54 Å². The molecule has 0 aliphatic heterocycles. The molecule has 5 nitrogen and oxygen atoms in total. The highest BCUT2D eigenvalue weighted by Gasteiger charge is 1.97. The minimum atomic E-state index is 0.787. The number of anilines is 1. The topological polar surface area (TPSA) is 58.5 Å². The van der Waals surface area contributed by atoms with Gasteiger partial charge in [0, 0.05) is 17.6 Å². The Kier molecular flexibility index (Phi) is 2.79. The summed E-state index contributed by atoms with van der Waals surface area (Å²) in [6, 6.07) is 12.1. The summed E-state index contributed by atoms with van der Waals surface area (Å²) >= 11 is 0. The highest BCUT2D eigenvalue weighted by atomic mass is 15.3. The summed E-state index contributed by atoms with van der Waals surface area (Å²) in [7, 11) is 0. The molecule has 0 spiro atoms. The summed E-state index contributed by atoms with van der Waals surface area (Å²) in [6.07, 6.45) is 5.13. The van der Waals surface area contributed by atoms with Crippen molar-refractivity contribution in [3.8, 4) is 5.69 Å². The van der Waals surface area contributed by atoms with E-state index in [-0.39, 0.29) is 0 Å². The van der Waals surface area contributed by atoms with E-state index in [1.165, 1.54) is 6.33 Å². The van der Waals surface area contributed by atoms with Crippen LogP contribution in [0.15, 0.2) is 55.2 Å². The molecule has 2 heterocycles. The molecule has 0 bridgehead atoms. The number of aromatic amines is 1. The lowest BCUT2D eigenvalue weighted by Gasteiger charge is -2.06. The van der Waals surface area contributed by atoms with Gasteiger partial charge in [-0.15, -0.1) is 0 Å². The maximum absolute atomic E-state index is 4.08.